The van der Waals surface area contributed by atoms with Gasteiger partial charge in [0.1, 0.15) is 17.9 Å². The number of hydrogen-bond donors (Lipinski definition) is 2. The number of carbonyl (C=O) groups is 1. The van der Waals surface area contributed by atoms with Gasteiger partial charge in [-0.3, -0.25) is 14.7 Å². The van der Waals surface area contributed by atoms with Gasteiger partial charge < -0.3 is 14.9 Å². The second-order valence-electron chi connectivity index (χ2n) is 10.4. The molecular formula is C29H27ClFN3O4. The van der Waals surface area contributed by atoms with E-state index in [2.05, 4.69) is 11.1 Å². The Labute approximate surface area is 225 Å². The number of carbonyl (C=O) groups excluding carboxylic acids is 1. The lowest BCUT2D eigenvalue weighted by molar-refractivity contribution is -0.0898. The molecule has 0 bridgehead atoms. The molecule has 2 aliphatic rings. The molecule has 2 N–H and O–H groups in total. The Kier molecular flexibility index (Phi) is 6.97. The minimum atomic E-state index is -1.38. The van der Waals surface area contributed by atoms with Crippen LogP contribution in [0.25, 0.3) is 0 Å². The van der Waals surface area contributed by atoms with Gasteiger partial charge in [-0.15, -0.1) is 0 Å². The summed E-state index contributed by atoms with van der Waals surface area (Å²) in [5.41, 5.74) is 0.200. The first kappa shape index (κ1) is 26.3. The lowest BCUT2D eigenvalue weighted by atomic mass is 9.83. The zero-order valence-corrected chi connectivity index (χ0v) is 21.7. The molecule has 0 radical (unpaired) electrons. The topological polar surface area (TPSA) is 107 Å². The standard InChI is InChI=1S/C29H27ClFN3O4/c1-29(2,37)19-12-22-24(23(31)13-19)28(38-15-16-10-21(35)11-16)34(27(22)36)26(17-5-7-20(30)8-6-17)25-18(14-32)4-3-9-33-25/h3-9,12-13,16,21,26,28,35,37H,10-11,15H2,1-2H3/t16-,21-,26-,28?/m1/s1. The highest BCUT2D eigenvalue weighted by Gasteiger charge is 2.46. The highest BCUT2D eigenvalue weighted by atomic mass is 35.5. The Morgan fingerprint density at radius 3 is 2.61 bits per heavy atom. The fourth-order valence-corrected chi connectivity index (χ4v) is 5.21. The Hall–Kier alpha value is -3.35. The van der Waals surface area contributed by atoms with E-state index in [1.807, 2.05) is 0 Å². The molecule has 1 amide bonds. The fraction of sp³-hybridized carbons (Fsp3) is 0.345. The van der Waals surface area contributed by atoms with Crippen LogP contribution in [0.15, 0.2) is 54.7 Å². The number of halogens is 2. The van der Waals surface area contributed by atoms with Crippen molar-refractivity contribution in [2.75, 3.05) is 6.61 Å². The molecule has 2 atom stereocenters. The molecule has 7 nitrogen and oxygen atoms in total. The quantitative estimate of drug-likeness (QED) is 0.441. The van der Waals surface area contributed by atoms with Gasteiger partial charge in [-0.2, -0.15) is 5.26 Å². The van der Waals surface area contributed by atoms with E-state index in [4.69, 9.17) is 16.3 Å². The summed E-state index contributed by atoms with van der Waals surface area (Å²) in [6.07, 6.45) is 1.14. The highest BCUT2D eigenvalue weighted by molar-refractivity contribution is 6.30. The Morgan fingerprint density at radius 2 is 1.97 bits per heavy atom. The largest absolute Gasteiger partial charge is 0.393 e. The van der Waals surface area contributed by atoms with Gasteiger partial charge in [0.25, 0.3) is 5.91 Å². The van der Waals surface area contributed by atoms with Crippen LogP contribution in [0.2, 0.25) is 5.02 Å². The summed E-state index contributed by atoms with van der Waals surface area (Å²) in [4.78, 5) is 20.0. The van der Waals surface area contributed by atoms with Gasteiger partial charge in [0.05, 0.1) is 35.1 Å². The Balaban J connectivity index is 1.67. The summed E-state index contributed by atoms with van der Waals surface area (Å²) in [6.45, 7) is 3.24. The van der Waals surface area contributed by atoms with E-state index in [1.165, 1.54) is 37.1 Å². The lowest BCUT2D eigenvalue weighted by Gasteiger charge is -2.36. The number of nitriles is 1. The van der Waals surface area contributed by atoms with Gasteiger partial charge in [-0.1, -0.05) is 23.7 Å². The second kappa shape index (κ2) is 10.1. The van der Waals surface area contributed by atoms with Crippen molar-refractivity contribution in [1.29, 1.82) is 5.26 Å². The normalized spacial score (nSPS) is 21.6. The predicted molar refractivity (Wildman–Crippen MR) is 137 cm³/mol. The first-order valence-electron chi connectivity index (χ1n) is 12.4. The van der Waals surface area contributed by atoms with E-state index in [0.29, 0.717) is 29.1 Å². The molecule has 1 aliphatic heterocycles. The number of pyridine rings is 1. The van der Waals surface area contributed by atoms with Crippen molar-refractivity contribution in [3.05, 3.63) is 99.1 Å². The molecule has 38 heavy (non-hydrogen) atoms. The molecule has 2 heterocycles. The first-order chi connectivity index (χ1) is 18.1. The fourth-order valence-electron chi connectivity index (χ4n) is 5.09. The third-order valence-corrected chi connectivity index (χ3v) is 7.43. The minimum Gasteiger partial charge on any atom is -0.393 e. The third kappa shape index (κ3) is 4.79. The first-order valence-corrected chi connectivity index (χ1v) is 12.8. The van der Waals surface area contributed by atoms with E-state index < -0.39 is 35.7 Å². The van der Waals surface area contributed by atoms with Gasteiger partial charge in [0, 0.05) is 16.8 Å². The molecule has 9 heteroatoms. The van der Waals surface area contributed by atoms with Crippen LogP contribution in [0.4, 0.5) is 4.39 Å². The van der Waals surface area contributed by atoms with Crippen molar-refractivity contribution in [2.45, 2.75) is 50.7 Å². The molecule has 5 rings (SSSR count). The van der Waals surface area contributed by atoms with Crippen LogP contribution in [0, 0.1) is 23.1 Å². The number of aromatic nitrogens is 1. The number of amides is 1. The molecule has 3 aromatic rings. The zero-order valence-electron chi connectivity index (χ0n) is 20.9. The summed E-state index contributed by atoms with van der Waals surface area (Å²) in [7, 11) is 0. The minimum absolute atomic E-state index is 0.0660. The van der Waals surface area contributed by atoms with E-state index in [9.17, 15) is 20.3 Å². The van der Waals surface area contributed by atoms with Gasteiger partial charge in [-0.05, 0) is 80.1 Å². The highest BCUT2D eigenvalue weighted by Crippen LogP contribution is 2.46. The number of aliphatic hydroxyl groups is 2. The molecule has 1 fully saturated rings. The van der Waals surface area contributed by atoms with Crippen LogP contribution in [0.1, 0.15) is 77.3 Å². The van der Waals surface area contributed by atoms with Crippen molar-refractivity contribution >= 4 is 17.5 Å². The summed E-state index contributed by atoms with van der Waals surface area (Å²) in [5, 5.41) is 30.6. The van der Waals surface area contributed by atoms with Gasteiger partial charge in [0.2, 0.25) is 0 Å². The number of aliphatic hydroxyl groups excluding tert-OH is 1. The number of rotatable bonds is 7. The maximum atomic E-state index is 15.7. The molecule has 196 valence electrons. The molecule has 0 spiro atoms. The van der Waals surface area contributed by atoms with Gasteiger partial charge >= 0.3 is 0 Å². The average Bonchev–Trinajstić information content (AvgIpc) is 3.14. The molecule has 1 aromatic heterocycles. The van der Waals surface area contributed by atoms with E-state index in [0.717, 1.165) is 0 Å². The molecule has 2 aromatic carbocycles. The van der Waals surface area contributed by atoms with Gasteiger partial charge in [-0.25, -0.2) is 4.39 Å². The van der Waals surface area contributed by atoms with Crippen molar-refractivity contribution in [1.82, 2.24) is 9.88 Å². The monoisotopic (exact) mass is 535 g/mol. The van der Waals surface area contributed by atoms with Crippen molar-refractivity contribution < 1.29 is 24.1 Å². The van der Waals surface area contributed by atoms with Crippen molar-refractivity contribution in [3.8, 4) is 6.07 Å². The summed E-state index contributed by atoms with van der Waals surface area (Å²) in [5.74, 6) is -1.12. The van der Waals surface area contributed by atoms with Crippen molar-refractivity contribution in [2.24, 2.45) is 5.92 Å². The SMILES string of the molecule is CC(C)(O)c1cc(F)c2c(c1)C(=O)N([C@H](c1ccc(Cl)cc1)c1ncccc1C#N)C2OC[C@H]1C[C@H](O)C1. The van der Waals surface area contributed by atoms with Crippen LogP contribution in [0.3, 0.4) is 0 Å². The van der Waals surface area contributed by atoms with E-state index in [-0.39, 0.29) is 34.8 Å². The van der Waals surface area contributed by atoms with E-state index >= 15 is 4.39 Å². The Morgan fingerprint density at radius 1 is 1.26 bits per heavy atom. The second-order valence-corrected chi connectivity index (χ2v) is 10.8. The lowest BCUT2D eigenvalue weighted by Crippen LogP contribution is -2.38. The summed E-state index contributed by atoms with van der Waals surface area (Å²) >= 11 is 6.14. The maximum absolute atomic E-state index is 15.7. The van der Waals surface area contributed by atoms with Crippen LogP contribution >= 0.6 is 11.6 Å². The molecule has 1 unspecified atom stereocenters. The Bertz CT molecular complexity index is 1410. The summed E-state index contributed by atoms with van der Waals surface area (Å²) < 4.78 is 22.0. The number of hydrogen-bond acceptors (Lipinski definition) is 6. The van der Waals surface area contributed by atoms with Crippen LogP contribution in [-0.4, -0.2) is 38.7 Å². The zero-order chi connectivity index (χ0) is 27.2. The predicted octanol–water partition coefficient (Wildman–Crippen LogP) is 5.00. The number of nitrogens with zero attached hydrogens (tertiary/aromatic N) is 3. The molecule has 1 aliphatic carbocycles. The smallest absolute Gasteiger partial charge is 0.257 e. The van der Waals surface area contributed by atoms with Crippen LogP contribution in [-0.2, 0) is 10.3 Å². The number of ether oxygens (including phenoxy) is 1. The van der Waals surface area contributed by atoms with Crippen molar-refractivity contribution in [3.63, 3.8) is 0 Å². The van der Waals surface area contributed by atoms with Crippen LogP contribution in [0.5, 0.6) is 0 Å². The maximum Gasteiger partial charge on any atom is 0.257 e. The third-order valence-electron chi connectivity index (χ3n) is 7.18. The summed E-state index contributed by atoms with van der Waals surface area (Å²) in [6, 6.07) is 14.0. The van der Waals surface area contributed by atoms with Crippen LogP contribution < -0.4 is 0 Å². The molecule has 1 saturated carbocycles. The average molecular weight is 536 g/mol. The molecule has 0 saturated heterocycles. The van der Waals surface area contributed by atoms with E-state index in [1.54, 1.807) is 36.4 Å². The molecular weight excluding hydrogens is 509 g/mol. The van der Waals surface area contributed by atoms with Gasteiger partial charge in [0.15, 0.2) is 6.23 Å². The number of benzene rings is 2. The number of fused-ring (bicyclic) bond motifs is 1.